The molecule has 1 fully saturated rings. The number of nitrogens with zero attached hydrogens (tertiary/aromatic N) is 1. The highest BCUT2D eigenvalue weighted by Crippen LogP contribution is 2.35. The van der Waals surface area contributed by atoms with E-state index in [0.29, 0.717) is 32.4 Å². The third kappa shape index (κ3) is 5.51. The van der Waals surface area contributed by atoms with Crippen molar-refractivity contribution in [3.05, 3.63) is 109 Å². The average Bonchev–Trinajstić information content (AvgIpc) is 3.20. The van der Waals surface area contributed by atoms with E-state index >= 15 is 0 Å². The molecule has 0 unspecified atom stereocenters. The fraction of sp³-hybridized carbons (Fsp3) is 0.0370. The molecule has 4 nitrogen and oxygen atoms in total. The Balaban J connectivity index is 1.31. The number of benzene rings is 4. The highest BCUT2D eigenvalue weighted by molar-refractivity contribution is 14.1. The monoisotopic (exact) mass is 630 g/mol. The molecule has 0 spiro atoms. The molecule has 1 heterocycles. The second kappa shape index (κ2) is 10.6. The quantitative estimate of drug-likeness (QED) is 0.179. The lowest BCUT2D eigenvalue weighted by Gasteiger charge is -2.11. The standard InChI is InChI=1S/C27H17Cl2IN2O2S/c28-20-9-4-10-22(25(20)29)31-27-32-26(33)24(35-27)14-16-11-12-23(21(30)13-16)34-15-18-7-3-6-17-5-1-2-8-19(17)18/h1-14H,15H2,(H,31,32,33)/b24-14+. The van der Waals surface area contributed by atoms with Gasteiger partial charge in [0, 0.05) is 0 Å². The first-order valence-corrected chi connectivity index (χ1v) is 13.3. The number of fused-ring (bicyclic) bond motifs is 1. The number of hydrogen-bond acceptors (Lipinski definition) is 4. The van der Waals surface area contributed by atoms with Crippen LogP contribution in [0.3, 0.4) is 0 Å². The van der Waals surface area contributed by atoms with Gasteiger partial charge in [0.05, 0.1) is 24.2 Å². The van der Waals surface area contributed by atoms with Crippen molar-refractivity contribution in [2.24, 2.45) is 4.99 Å². The second-order valence-corrected chi connectivity index (χ2v) is 10.6. The molecule has 5 rings (SSSR count). The molecule has 8 heteroatoms. The highest BCUT2D eigenvalue weighted by atomic mass is 127. The van der Waals surface area contributed by atoms with Crippen LogP contribution in [0.2, 0.25) is 10.0 Å². The number of rotatable bonds is 5. The fourth-order valence-electron chi connectivity index (χ4n) is 3.62. The Morgan fingerprint density at radius 3 is 2.66 bits per heavy atom. The van der Waals surface area contributed by atoms with Crippen molar-refractivity contribution >= 4 is 91.2 Å². The Kier molecular flexibility index (Phi) is 7.34. The number of carbonyl (C=O) groups is 1. The molecule has 0 aliphatic carbocycles. The average molecular weight is 631 g/mol. The molecule has 0 aromatic heterocycles. The molecule has 1 saturated heterocycles. The summed E-state index contributed by atoms with van der Waals surface area (Å²) in [5, 5.41) is 6.37. The van der Waals surface area contributed by atoms with E-state index in [4.69, 9.17) is 27.9 Å². The van der Waals surface area contributed by atoms with Gasteiger partial charge in [-0.15, -0.1) is 0 Å². The van der Waals surface area contributed by atoms with E-state index in [1.165, 1.54) is 22.5 Å². The van der Waals surface area contributed by atoms with Crippen LogP contribution in [0.5, 0.6) is 5.75 Å². The summed E-state index contributed by atoms with van der Waals surface area (Å²) >= 11 is 15.8. The van der Waals surface area contributed by atoms with Crippen LogP contribution in [0, 0.1) is 3.57 Å². The van der Waals surface area contributed by atoms with Gasteiger partial charge in [-0.05, 0) is 86.6 Å². The lowest BCUT2D eigenvalue weighted by atomic mass is 10.1. The van der Waals surface area contributed by atoms with Gasteiger partial charge in [0.15, 0.2) is 5.17 Å². The molecule has 1 amide bonds. The Morgan fingerprint density at radius 1 is 1.00 bits per heavy atom. The molecule has 1 N–H and O–H groups in total. The van der Waals surface area contributed by atoms with E-state index in [2.05, 4.69) is 57.2 Å². The summed E-state index contributed by atoms with van der Waals surface area (Å²) in [4.78, 5) is 17.5. The number of amides is 1. The van der Waals surface area contributed by atoms with Gasteiger partial charge in [0.2, 0.25) is 0 Å². The number of hydrogen-bond donors (Lipinski definition) is 1. The Hall–Kier alpha value is -2.52. The van der Waals surface area contributed by atoms with Gasteiger partial charge in [-0.2, -0.15) is 0 Å². The largest absolute Gasteiger partial charge is 0.488 e. The molecular formula is C27H17Cl2IN2O2S. The van der Waals surface area contributed by atoms with Crippen LogP contribution in [-0.2, 0) is 11.4 Å². The van der Waals surface area contributed by atoms with Crippen molar-refractivity contribution in [2.75, 3.05) is 0 Å². The Morgan fingerprint density at radius 2 is 1.80 bits per heavy atom. The molecule has 4 aromatic carbocycles. The van der Waals surface area contributed by atoms with Crippen molar-refractivity contribution in [1.82, 2.24) is 5.32 Å². The minimum atomic E-state index is -0.210. The lowest BCUT2D eigenvalue weighted by Crippen LogP contribution is -2.19. The maximum atomic E-state index is 12.5. The number of carbonyl (C=O) groups excluding carboxylic acids is 1. The molecule has 4 aromatic rings. The first-order valence-electron chi connectivity index (χ1n) is 10.6. The zero-order valence-corrected chi connectivity index (χ0v) is 22.6. The van der Waals surface area contributed by atoms with Crippen LogP contribution < -0.4 is 10.1 Å². The fourth-order valence-corrected chi connectivity index (χ4v) is 5.49. The first-order chi connectivity index (χ1) is 17.0. The lowest BCUT2D eigenvalue weighted by molar-refractivity contribution is -0.115. The van der Waals surface area contributed by atoms with Crippen LogP contribution in [0.25, 0.3) is 16.8 Å². The van der Waals surface area contributed by atoms with Crippen LogP contribution in [0.1, 0.15) is 11.1 Å². The minimum absolute atomic E-state index is 0.210. The first kappa shape index (κ1) is 24.2. The Labute approximate surface area is 230 Å². The van der Waals surface area contributed by atoms with Crippen molar-refractivity contribution in [3.63, 3.8) is 0 Å². The maximum absolute atomic E-state index is 12.5. The summed E-state index contributed by atoms with van der Waals surface area (Å²) in [5.74, 6) is 0.584. The van der Waals surface area contributed by atoms with Gasteiger partial charge in [0.25, 0.3) is 5.91 Å². The zero-order valence-electron chi connectivity index (χ0n) is 18.1. The highest BCUT2D eigenvalue weighted by Gasteiger charge is 2.24. The predicted molar refractivity (Wildman–Crippen MR) is 155 cm³/mol. The van der Waals surface area contributed by atoms with Gasteiger partial charge in [-0.1, -0.05) is 77.8 Å². The van der Waals surface area contributed by atoms with E-state index < -0.39 is 0 Å². The molecule has 1 aliphatic heterocycles. The van der Waals surface area contributed by atoms with Crippen LogP contribution in [0.4, 0.5) is 5.69 Å². The van der Waals surface area contributed by atoms with Gasteiger partial charge >= 0.3 is 0 Å². The summed E-state index contributed by atoms with van der Waals surface area (Å²) in [7, 11) is 0. The zero-order chi connectivity index (χ0) is 24.4. The third-order valence-electron chi connectivity index (χ3n) is 5.32. The van der Waals surface area contributed by atoms with Gasteiger partial charge < -0.3 is 10.1 Å². The van der Waals surface area contributed by atoms with Gasteiger partial charge in [-0.25, -0.2) is 4.99 Å². The number of aliphatic imine (C=N–C) groups is 1. The van der Waals surface area contributed by atoms with Crippen molar-refractivity contribution in [1.29, 1.82) is 0 Å². The molecule has 0 atom stereocenters. The Bertz CT molecular complexity index is 1520. The summed E-state index contributed by atoms with van der Waals surface area (Å²) < 4.78 is 7.08. The van der Waals surface area contributed by atoms with Gasteiger partial charge in [0.1, 0.15) is 12.4 Å². The van der Waals surface area contributed by atoms with Crippen molar-refractivity contribution in [2.45, 2.75) is 6.61 Å². The van der Waals surface area contributed by atoms with Crippen LogP contribution >= 0.6 is 57.6 Å². The van der Waals surface area contributed by atoms with E-state index in [9.17, 15) is 4.79 Å². The second-order valence-electron chi connectivity index (χ2n) is 7.67. The van der Waals surface area contributed by atoms with Crippen LogP contribution in [0.15, 0.2) is 88.8 Å². The number of amidine groups is 1. The molecule has 1 aliphatic rings. The van der Waals surface area contributed by atoms with Crippen molar-refractivity contribution in [3.8, 4) is 5.75 Å². The SMILES string of the molecule is O=C1NC(=Nc2cccc(Cl)c2Cl)S/C1=C/c1ccc(OCc2cccc3ccccc23)c(I)c1. The number of halogens is 3. The van der Waals surface area contributed by atoms with E-state index in [1.54, 1.807) is 18.2 Å². The summed E-state index contributed by atoms with van der Waals surface area (Å²) in [5.41, 5.74) is 2.54. The molecule has 0 radical (unpaired) electrons. The maximum Gasteiger partial charge on any atom is 0.264 e. The molecule has 0 saturated carbocycles. The third-order valence-corrected chi connectivity index (χ3v) is 7.88. The van der Waals surface area contributed by atoms with Crippen LogP contribution in [-0.4, -0.2) is 11.1 Å². The summed E-state index contributed by atoms with van der Waals surface area (Å²) in [6.45, 7) is 0.474. The number of ether oxygens (including phenoxy) is 1. The topological polar surface area (TPSA) is 50.7 Å². The number of nitrogens with one attached hydrogen (secondary N) is 1. The number of thioether (sulfide) groups is 1. The summed E-state index contributed by atoms with van der Waals surface area (Å²) in [6, 6.07) is 25.6. The minimum Gasteiger partial charge on any atom is -0.488 e. The van der Waals surface area contributed by atoms with Gasteiger partial charge in [-0.3, -0.25) is 4.79 Å². The predicted octanol–water partition coefficient (Wildman–Crippen LogP) is 8.22. The van der Waals surface area contributed by atoms with Crippen molar-refractivity contribution < 1.29 is 9.53 Å². The van der Waals surface area contributed by atoms with E-state index in [1.807, 2.05) is 42.5 Å². The summed E-state index contributed by atoms with van der Waals surface area (Å²) in [6.07, 6.45) is 1.83. The smallest absolute Gasteiger partial charge is 0.264 e. The van der Waals surface area contributed by atoms with E-state index in [0.717, 1.165) is 20.4 Å². The molecule has 174 valence electrons. The van der Waals surface area contributed by atoms with E-state index in [-0.39, 0.29) is 5.91 Å². The molecule has 0 bridgehead atoms. The molecular weight excluding hydrogens is 614 g/mol. The molecule has 35 heavy (non-hydrogen) atoms. The normalized spacial score (nSPS) is 15.7.